The first-order valence-corrected chi connectivity index (χ1v) is 7.64. The molecule has 0 unspecified atom stereocenters. The number of benzene rings is 2. The van der Waals surface area contributed by atoms with Gasteiger partial charge in [0.1, 0.15) is 6.61 Å². The number of hydrogen-bond donors (Lipinski definition) is 0. The Morgan fingerprint density at radius 2 is 1.82 bits per heavy atom. The summed E-state index contributed by atoms with van der Waals surface area (Å²) < 4.78 is 13.5. The molecule has 2 aromatic carbocycles. The third-order valence-electron chi connectivity index (χ3n) is 3.71. The van der Waals surface area contributed by atoms with Gasteiger partial charge in [0.2, 0.25) is 0 Å². The van der Waals surface area contributed by atoms with Gasteiger partial charge in [0.25, 0.3) is 0 Å². The molecule has 1 aromatic heterocycles. The van der Waals surface area contributed by atoms with E-state index in [2.05, 4.69) is 17.6 Å². The summed E-state index contributed by atoms with van der Waals surface area (Å²) >= 11 is 6.11. The van der Waals surface area contributed by atoms with Crippen LogP contribution in [0, 0.1) is 0 Å². The number of fused-ring (bicyclic) bond motifs is 1. The summed E-state index contributed by atoms with van der Waals surface area (Å²) in [5, 5.41) is 1.92. The summed E-state index contributed by atoms with van der Waals surface area (Å²) in [6.07, 6.45) is 0. The van der Waals surface area contributed by atoms with E-state index >= 15 is 0 Å². The van der Waals surface area contributed by atoms with Crippen LogP contribution in [-0.2, 0) is 13.2 Å². The van der Waals surface area contributed by atoms with Crippen molar-refractivity contribution >= 4 is 22.5 Å². The maximum absolute atomic E-state index is 6.11. The number of nitrogens with zero attached hydrogens (tertiary/aromatic N) is 1. The van der Waals surface area contributed by atoms with E-state index in [0.29, 0.717) is 6.61 Å². The molecule has 22 heavy (non-hydrogen) atoms. The van der Waals surface area contributed by atoms with Crippen molar-refractivity contribution in [2.24, 2.45) is 0 Å². The van der Waals surface area contributed by atoms with Gasteiger partial charge in [-0.1, -0.05) is 29.8 Å². The molecular weight excluding hydrogens is 298 g/mol. The van der Waals surface area contributed by atoms with E-state index < -0.39 is 0 Å². The molecule has 0 aliphatic heterocycles. The van der Waals surface area contributed by atoms with Crippen molar-refractivity contribution in [3.05, 3.63) is 59.2 Å². The smallest absolute Gasteiger partial charge is 0.161 e. The number of hydrogen-bond acceptors (Lipinski definition) is 2. The van der Waals surface area contributed by atoms with Crippen LogP contribution in [-0.4, -0.2) is 11.7 Å². The molecule has 0 aliphatic carbocycles. The van der Waals surface area contributed by atoms with Crippen LogP contribution in [0.25, 0.3) is 10.9 Å². The molecule has 0 bridgehead atoms. The van der Waals surface area contributed by atoms with Crippen LogP contribution in [0.5, 0.6) is 11.5 Å². The largest absolute Gasteiger partial charge is 0.493 e. The van der Waals surface area contributed by atoms with Crippen LogP contribution in [0.3, 0.4) is 0 Å². The van der Waals surface area contributed by atoms with E-state index in [9.17, 15) is 0 Å². The van der Waals surface area contributed by atoms with Crippen molar-refractivity contribution in [2.75, 3.05) is 7.11 Å². The molecule has 0 radical (unpaired) electrons. The fraction of sp³-hybridized carbons (Fsp3) is 0.222. The summed E-state index contributed by atoms with van der Waals surface area (Å²) in [6.45, 7) is 3.47. The van der Waals surface area contributed by atoms with Crippen molar-refractivity contribution in [2.45, 2.75) is 20.1 Å². The average Bonchev–Trinajstić information content (AvgIpc) is 2.89. The van der Waals surface area contributed by atoms with Crippen LogP contribution in [0.1, 0.15) is 12.6 Å². The molecule has 0 fully saturated rings. The Hall–Kier alpha value is -2.13. The second-order valence-corrected chi connectivity index (χ2v) is 5.46. The Balaban J connectivity index is 1.90. The number of methoxy groups -OCH3 is 1. The quantitative estimate of drug-likeness (QED) is 0.668. The second kappa shape index (κ2) is 6.32. The fourth-order valence-corrected chi connectivity index (χ4v) is 2.83. The molecule has 0 spiro atoms. The number of aryl methyl sites for hydroxylation is 1. The number of para-hydroxylation sites is 2. The van der Waals surface area contributed by atoms with Gasteiger partial charge < -0.3 is 14.0 Å². The van der Waals surface area contributed by atoms with Crippen molar-refractivity contribution in [1.29, 1.82) is 0 Å². The van der Waals surface area contributed by atoms with Crippen molar-refractivity contribution in [3.63, 3.8) is 0 Å². The fourth-order valence-electron chi connectivity index (χ4n) is 2.67. The van der Waals surface area contributed by atoms with Gasteiger partial charge in [-0.25, -0.2) is 0 Å². The highest BCUT2D eigenvalue weighted by atomic mass is 35.5. The van der Waals surface area contributed by atoms with Gasteiger partial charge in [-0.2, -0.15) is 0 Å². The minimum absolute atomic E-state index is 0.487. The average molecular weight is 316 g/mol. The SMILES string of the molecule is CCn1c(COc2ccccc2OC)cc2ccc(Cl)cc21. The summed E-state index contributed by atoms with van der Waals surface area (Å²) in [5.41, 5.74) is 2.25. The van der Waals surface area contributed by atoms with Gasteiger partial charge in [0.15, 0.2) is 11.5 Å². The molecule has 0 saturated carbocycles. The van der Waals surface area contributed by atoms with Crippen molar-refractivity contribution in [1.82, 2.24) is 4.57 Å². The summed E-state index contributed by atoms with van der Waals surface area (Å²) in [5.74, 6) is 1.49. The molecule has 1 heterocycles. The van der Waals surface area contributed by atoms with E-state index in [1.54, 1.807) is 7.11 Å². The molecule has 3 nitrogen and oxygen atoms in total. The van der Waals surface area contributed by atoms with Gasteiger partial charge in [-0.3, -0.25) is 0 Å². The van der Waals surface area contributed by atoms with Crippen molar-refractivity contribution < 1.29 is 9.47 Å². The number of aromatic nitrogens is 1. The first-order chi connectivity index (χ1) is 10.7. The summed E-state index contributed by atoms with van der Waals surface area (Å²) in [6, 6.07) is 15.8. The minimum Gasteiger partial charge on any atom is -0.493 e. The van der Waals surface area contributed by atoms with E-state index in [1.807, 2.05) is 42.5 Å². The van der Waals surface area contributed by atoms with Crippen LogP contribution in [0.4, 0.5) is 0 Å². The minimum atomic E-state index is 0.487. The zero-order valence-corrected chi connectivity index (χ0v) is 13.4. The lowest BCUT2D eigenvalue weighted by molar-refractivity contribution is 0.277. The van der Waals surface area contributed by atoms with E-state index in [0.717, 1.165) is 34.3 Å². The Kier molecular flexibility index (Phi) is 4.25. The molecule has 4 heteroatoms. The molecule has 0 aliphatic rings. The monoisotopic (exact) mass is 315 g/mol. The lowest BCUT2D eigenvalue weighted by atomic mass is 10.2. The van der Waals surface area contributed by atoms with Gasteiger partial charge in [-0.15, -0.1) is 0 Å². The van der Waals surface area contributed by atoms with E-state index in [4.69, 9.17) is 21.1 Å². The third kappa shape index (κ3) is 2.77. The molecule has 0 saturated heterocycles. The Morgan fingerprint density at radius 3 is 2.55 bits per heavy atom. The maximum atomic E-state index is 6.11. The van der Waals surface area contributed by atoms with Gasteiger partial charge in [-0.05, 0) is 37.3 Å². The highest BCUT2D eigenvalue weighted by Crippen LogP contribution is 2.28. The topological polar surface area (TPSA) is 23.4 Å². The number of rotatable bonds is 5. The maximum Gasteiger partial charge on any atom is 0.161 e. The predicted octanol–water partition coefficient (Wildman–Crippen LogP) is 4.90. The standard InChI is InChI=1S/C18H18ClNO2/c1-3-20-15(10-13-8-9-14(19)11-16(13)20)12-22-18-7-5-4-6-17(18)21-2/h4-11H,3,12H2,1-2H3. The Labute approximate surface area is 135 Å². The lowest BCUT2D eigenvalue weighted by Gasteiger charge is -2.12. The predicted molar refractivity (Wildman–Crippen MR) is 89.9 cm³/mol. The second-order valence-electron chi connectivity index (χ2n) is 5.02. The zero-order chi connectivity index (χ0) is 15.5. The normalized spacial score (nSPS) is 10.9. The lowest BCUT2D eigenvalue weighted by Crippen LogP contribution is -2.05. The van der Waals surface area contributed by atoms with Crippen LogP contribution >= 0.6 is 11.6 Å². The van der Waals surface area contributed by atoms with Gasteiger partial charge in [0, 0.05) is 22.5 Å². The van der Waals surface area contributed by atoms with E-state index in [-0.39, 0.29) is 0 Å². The molecule has 0 atom stereocenters. The van der Waals surface area contributed by atoms with E-state index in [1.165, 1.54) is 5.39 Å². The number of ether oxygens (including phenoxy) is 2. The van der Waals surface area contributed by atoms with Crippen LogP contribution in [0.2, 0.25) is 5.02 Å². The molecule has 3 rings (SSSR count). The highest BCUT2D eigenvalue weighted by Gasteiger charge is 2.10. The number of halogens is 1. The summed E-state index contributed by atoms with van der Waals surface area (Å²) in [4.78, 5) is 0. The van der Waals surface area contributed by atoms with Crippen LogP contribution < -0.4 is 9.47 Å². The molecule has 114 valence electrons. The van der Waals surface area contributed by atoms with Crippen molar-refractivity contribution in [3.8, 4) is 11.5 Å². The molecule has 0 N–H and O–H groups in total. The molecular formula is C18H18ClNO2. The summed E-state index contributed by atoms with van der Waals surface area (Å²) in [7, 11) is 1.65. The Bertz CT molecular complexity index is 795. The van der Waals surface area contributed by atoms with Crippen LogP contribution in [0.15, 0.2) is 48.5 Å². The van der Waals surface area contributed by atoms with Gasteiger partial charge >= 0.3 is 0 Å². The zero-order valence-electron chi connectivity index (χ0n) is 12.7. The van der Waals surface area contributed by atoms with Gasteiger partial charge in [0.05, 0.1) is 12.8 Å². The highest BCUT2D eigenvalue weighted by molar-refractivity contribution is 6.31. The first kappa shape index (κ1) is 14.8. The molecule has 0 amide bonds. The third-order valence-corrected chi connectivity index (χ3v) is 3.95. The Morgan fingerprint density at radius 1 is 1.05 bits per heavy atom. The molecule has 3 aromatic rings. The first-order valence-electron chi connectivity index (χ1n) is 7.26.